The predicted octanol–water partition coefficient (Wildman–Crippen LogP) is 3.15. The van der Waals surface area contributed by atoms with Crippen molar-refractivity contribution in [3.63, 3.8) is 0 Å². The van der Waals surface area contributed by atoms with Gasteiger partial charge in [0.1, 0.15) is 5.75 Å². The fourth-order valence-corrected chi connectivity index (χ4v) is 2.87. The van der Waals surface area contributed by atoms with Crippen LogP contribution in [0.3, 0.4) is 0 Å². The smallest absolute Gasteiger partial charge is 0.503 e. The van der Waals surface area contributed by atoms with Crippen molar-refractivity contribution in [3.8, 4) is 16.9 Å². The van der Waals surface area contributed by atoms with Crippen molar-refractivity contribution in [1.82, 2.24) is 10.2 Å². The first-order chi connectivity index (χ1) is 13.6. The van der Waals surface area contributed by atoms with Crippen molar-refractivity contribution in [2.75, 3.05) is 13.6 Å². The quantitative estimate of drug-likeness (QED) is 0.800. The Morgan fingerprint density at radius 2 is 1.86 bits per heavy atom. The average Bonchev–Trinajstić information content (AvgIpc) is 2.93. The molecule has 0 spiro atoms. The Morgan fingerprint density at radius 3 is 2.45 bits per heavy atom. The Morgan fingerprint density at radius 1 is 1.17 bits per heavy atom. The lowest BCUT2D eigenvalue weighted by Gasteiger charge is -2.11. The van der Waals surface area contributed by atoms with Gasteiger partial charge in [0.2, 0.25) is 0 Å². The molecule has 0 saturated carbocycles. The third-order valence-corrected chi connectivity index (χ3v) is 4.31. The fourth-order valence-electron chi connectivity index (χ4n) is 2.87. The van der Waals surface area contributed by atoms with Crippen LogP contribution in [0.1, 0.15) is 5.56 Å². The third-order valence-electron chi connectivity index (χ3n) is 4.31. The van der Waals surface area contributed by atoms with Gasteiger partial charge in [-0.1, -0.05) is 30.3 Å². The molecule has 1 heterocycles. The monoisotopic (exact) mass is 406 g/mol. The summed E-state index contributed by atoms with van der Waals surface area (Å²) in [5.74, 6) is -2.01. The Hall–Kier alpha value is -3.49. The number of carbonyl (C=O) groups is 2. The molecule has 0 radical (unpaired) electrons. The maximum atomic E-state index is 12.2. The standard InChI is InChI=1S/C20H17F3N2O4/c1-25-11-16(17(26)19(25)28)18(27)24-10-12-3-2-4-14(9-12)13-5-7-15(8-6-13)29-20(21,22)23/h2-9,26H,10-11H2,1H3,(H,24,27). The molecule has 0 bridgehead atoms. The highest BCUT2D eigenvalue weighted by Gasteiger charge is 2.32. The van der Waals surface area contributed by atoms with Crippen LogP contribution in [-0.4, -0.2) is 41.8 Å². The lowest BCUT2D eigenvalue weighted by molar-refractivity contribution is -0.274. The van der Waals surface area contributed by atoms with E-state index in [-0.39, 0.29) is 24.4 Å². The molecule has 0 saturated heterocycles. The zero-order chi connectivity index (χ0) is 21.2. The van der Waals surface area contributed by atoms with Crippen molar-refractivity contribution in [1.29, 1.82) is 0 Å². The van der Waals surface area contributed by atoms with Crippen molar-refractivity contribution in [2.45, 2.75) is 12.9 Å². The number of hydrogen-bond acceptors (Lipinski definition) is 4. The minimum atomic E-state index is -4.75. The van der Waals surface area contributed by atoms with E-state index in [0.29, 0.717) is 5.56 Å². The molecule has 3 rings (SSSR count). The maximum absolute atomic E-state index is 12.2. The van der Waals surface area contributed by atoms with Gasteiger partial charge in [0.05, 0.1) is 12.1 Å². The molecule has 152 valence electrons. The molecule has 0 atom stereocenters. The summed E-state index contributed by atoms with van der Waals surface area (Å²) in [5.41, 5.74) is 2.17. The van der Waals surface area contributed by atoms with Gasteiger partial charge in [-0.3, -0.25) is 9.59 Å². The molecule has 0 unspecified atom stereocenters. The summed E-state index contributed by atoms with van der Waals surface area (Å²) < 4.78 is 40.6. The van der Waals surface area contributed by atoms with E-state index >= 15 is 0 Å². The number of benzene rings is 2. The molecule has 2 aromatic rings. The van der Waals surface area contributed by atoms with Gasteiger partial charge in [-0.25, -0.2) is 0 Å². The Kier molecular flexibility index (Phi) is 5.49. The lowest BCUT2D eigenvalue weighted by atomic mass is 10.0. The number of hydrogen-bond donors (Lipinski definition) is 2. The number of aliphatic hydroxyl groups is 1. The van der Waals surface area contributed by atoms with Gasteiger partial charge >= 0.3 is 6.36 Å². The number of carbonyl (C=O) groups excluding carboxylic acids is 2. The molecule has 0 aliphatic carbocycles. The van der Waals surface area contributed by atoms with Crippen LogP contribution in [0, 0.1) is 0 Å². The summed E-state index contributed by atoms with van der Waals surface area (Å²) in [7, 11) is 1.48. The molecule has 1 aliphatic rings. The highest BCUT2D eigenvalue weighted by Crippen LogP contribution is 2.27. The van der Waals surface area contributed by atoms with E-state index < -0.39 is 23.9 Å². The number of alkyl halides is 3. The lowest BCUT2D eigenvalue weighted by Crippen LogP contribution is -2.27. The normalized spacial score (nSPS) is 14.3. The molecule has 2 amide bonds. The van der Waals surface area contributed by atoms with Gasteiger partial charge < -0.3 is 20.1 Å². The molecule has 0 fully saturated rings. The van der Waals surface area contributed by atoms with Crippen LogP contribution in [0.5, 0.6) is 5.75 Å². The number of halogens is 3. The summed E-state index contributed by atoms with van der Waals surface area (Å²) in [4.78, 5) is 25.0. The van der Waals surface area contributed by atoms with Gasteiger partial charge in [-0.15, -0.1) is 13.2 Å². The third kappa shape index (κ3) is 4.87. The maximum Gasteiger partial charge on any atom is 0.573 e. The van der Waals surface area contributed by atoms with Gasteiger partial charge in [-0.05, 0) is 34.9 Å². The number of amides is 2. The van der Waals surface area contributed by atoms with Crippen LogP contribution in [0.2, 0.25) is 0 Å². The van der Waals surface area contributed by atoms with Crippen molar-refractivity contribution in [3.05, 3.63) is 65.4 Å². The molecule has 1 aliphatic heterocycles. The highest BCUT2D eigenvalue weighted by molar-refractivity contribution is 6.06. The summed E-state index contributed by atoms with van der Waals surface area (Å²) in [6.45, 7) is 0.180. The Bertz CT molecular complexity index is 968. The number of nitrogens with one attached hydrogen (secondary N) is 1. The average molecular weight is 406 g/mol. The van der Waals surface area contributed by atoms with Gasteiger partial charge in [0, 0.05) is 13.6 Å². The van der Waals surface area contributed by atoms with Gasteiger partial charge in [0.25, 0.3) is 11.8 Å². The van der Waals surface area contributed by atoms with Crippen LogP contribution in [0.15, 0.2) is 59.9 Å². The van der Waals surface area contributed by atoms with Crippen LogP contribution >= 0.6 is 0 Å². The zero-order valence-electron chi connectivity index (χ0n) is 15.3. The first kappa shape index (κ1) is 20.2. The molecule has 9 heteroatoms. The predicted molar refractivity (Wildman–Crippen MR) is 97.7 cm³/mol. The zero-order valence-corrected chi connectivity index (χ0v) is 15.3. The summed E-state index contributed by atoms with van der Waals surface area (Å²) in [6, 6.07) is 12.5. The van der Waals surface area contributed by atoms with E-state index in [1.165, 1.54) is 36.2 Å². The summed E-state index contributed by atoms with van der Waals surface area (Å²) in [5, 5.41) is 12.4. The first-order valence-electron chi connectivity index (χ1n) is 8.55. The topological polar surface area (TPSA) is 78.9 Å². The van der Waals surface area contributed by atoms with E-state index in [4.69, 9.17) is 0 Å². The number of nitrogens with zero attached hydrogens (tertiary/aromatic N) is 1. The van der Waals surface area contributed by atoms with E-state index in [2.05, 4.69) is 10.1 Å². The Labute approximate surface area is 164 Å². The second-order valence-electron chi connectivity index (χ2n) is 6.44. The number of ether oxygens (including phenoxy) is 1. The minimum Gasteiger partial charge on any atom is -0.503 e. The van der Waals surface area contributed by atoms with Crippen LogP contribution in [0.25, 0.3) is 11.1 Å². The minimum absolute atomic E-state index is 0.00825. The molecule has 6 nitrogen and oxygen atoms in total. The highest BCUT2D eigenvalue weighted by atomic mass is 19.4. The second-order valence-corrected chi connectivity index (χ2v) is 6.44. The molecule has 0 aromatic heterocycles. The van der Waals surface area contributed by atoms with Crippen LogP contribution in [-0.2, 0) is 16.1 Å². The van der Waals surface area contributed by atoms with Crippen LogP contribution in [0.4, 0.5) is 13.2 Å². The van der Waals surface area contributed by atoms with Crippen molar-refractivity contribution >= 4 is 11.8 Å². The van der Waals surface area contributed by atoms with Gasteiger partial charge in [-0.2, -0.15) is 0 Å². The number of rotatable bonds is 5. The molecule has 2 aromatic carbocycles. The molecular formula is C20H17F3N2O4. The Balaban J connectivity index is 1.67. The van der Waals surface area contributed by atoms with Crippen molar-refractivity contribution in [2.24, 2.45) is 0 Å². The van der Waals surface area contributed by atoms with E-state index in [0.717, 1.165) is 11.1 Å². The van der Waals surface area contributed by atoms with E-state index in [1.54, 1.807) is 24.3 Å². The van der Waals surface area contributed by atoms with E-state index in [1.807, 2.05) is 0 Å². The van der Waals surface area contributed by atoms with E-state index in [9.17, 15) is 27.9 Å². The number of aliphatic hydroxyl groups excluding tert-OH is 1. The molecular weight excluding hydrogens is 389 g/mol. The number of likely N-dealkylation sites (N-methyl/N-ethyl adjacent to an activating group) is 1. The molecule has 29 heavy (non-hydrogen) atoms. The summed E-state index contributed by atoms with van der Waals surface area (Å²) >= 11 is 0. The SMILES string of the molecule is CN1CC(C(=O)NCc2cccc(-c3ccc(OC(F)(F)F)cc3)c2)=C(O)C1=O. The fraction of sp³-hybridized carbons (Fsp3) is 0.200. The van der Waals surface area contributed by atoms with Gasteiger partial charge in [0.15, 0.2) is 5.76 Å². The molecule has 2 N–H and O–H groups in total. The largest absolute Gasteiger partial charge is 0.573 e. The first-order valence-corrected chi connectivity index (χ1v) is 8.55. The van der Waals surface area contributed by atoms with Crippen LogP contribution < -0.4 is 10.1 Å². The van der Waals surface area contributed by atoms with Crippen molar-refractivity contribution < 1.29 is 32.6 Å². The second kappa shape index (κ2) is 7.86. The summed E-state index contributed by atoms with van der Waals surface area (Å²) in [6.07, 6.45) is -4.75.